The molecular weight excluding hydrogens is 488 g/mol. The molecule has 8 N–H and O–H groups in total. The van der Waals surface area contributed by atoms with Crippen molar-refractivity contribution in [3.8, 4) is 45.6 Å². The summed E-state index contributed by atoms with van der Waals surface area (Å²) in [7, 11) is 2.36. The van der Waals surface area contributed by atoms with Gasteiger partial charge in [-0.2, -0.15) is 0 Å². The number of phenols is 6. The maximum Gasteiger partial charge on any atom is 0.339 e. The molecule has 0 aromatic heterocycles. The first-order valence-corrected chi connectivity index (χ1v) is 10.3. The smallest absolute Gasteiger partial charge is 0.339 e. The van der Waals surface area contributed by atoms with Gasteiger partial charge in [-0.05, 0) is 12.1 Å². The molecule has 0 radical (unpaired) electrons. The number of hydrogen-bond donors (Lipinski definition) is 8. The Kier molecular flexibility index (Phi) is 7.64. The third-order valence-corrected chi connectivity index (χ3v) is 5.57. The van der Waals surface area contributed by atoms with Crippen molar-refractivity contribution < 1.29 is 69.4 Å². The summed E-state index contributed by atoms with van der Waals surface area (Å²) < 4.78 is 20.1. The largest absolute Gasteiger partial charge is 0.504 e. The van der Waals surface area contributed by atoms with Crippen LogP contribution in [0.4, 0.5) is 0 Å². The van der Waals surface area contributed by atoms with Gasteiger partial charge in [-0.3, -0.25) is 0 Å². The summed E-state index contributed by atoms with van der Waals surface area (Å²) in [5.74, 6) is -9.19. The zero-order chi connectivity index (χ0) is 26.9. The minimum absolute atomic E-state index is 0.382. The summed E-state index contributed by atoms with van der Waals surface area (Å²) in [6.45, 7) is -0.522. The van der Waals surface area contributed by atoms with Gasteiger partial charge in [0.1, 0.15) is 18.3 Å². The van der Waals surface area contributed by atoms with Gasteiger partial charge in [0, 0.05) is 31.8 Å². The van der Waals surface area contributed by atoms with E-state index in [4.69, 9.17) is 18.9 Å². The Morgan fingerprint density at radius 1 is 0.806 bits per heavy atom. The van der Waals surface area contributed by atoms with Gasteiger partial charge in [-0.1, -0.05) is 0 Å². The van der Waals surface area contributed by atoms with Gasteiger partial charge in [0.05, 0.1) is 17.7 Å². The van der Waals surface area contributed by atoms with Crippen LogP contribution in [-0.4, -0.2) is 98.2 Å². The molecular formula is C22H24O14. The first-order valence-electron chi connectivity index (χ1n) is 10.3. The van der Waals surface area contributed by atoms with Crippen LogP contribution in [0.2, 0.25) is 0 Å². The van der Waals surface area contributed by atoms with Crippen molar-refractivity contribution in [2.45, 2.75) is 31.0 Å². The zero-order valence-corrected chi connectivity index (χ0v) is 18.9. The Hall–Kier alpha value is -3.98. The van der Waals surface area contributed by atoms with Crippen LogP contribution in [0.5, 0.6) is 34.5 Å². The third-order valence-electron chi connectivity index (χ3n) is 5.57. The minimum atomic E-state index is -1.86. The lowest BCUT2D eigenvalue weighted by Gasteiger charge is -2.30. The molecule has 1 aliphatic rings. The number of carbonyl (C=O) groups excluding carboxylic acids is 2. The molecule has 0 saturated heterocycles. The molecule has 36 heavy (non-hydrogen) atoms. The normalized spacial score (nSPS) is 17.9. The summed E-state index contributed by atoms with van der Waals surface area (Å²) in [6, 6.07) is 1.32. The van der Waals surface area contributed by atoms with E-state index in [-0.39, 0.29) is 6.42 Å². The molecule has 0 spiro atoms. The fraction of sp³-hybridized carbons (Fsp3) is 0.364. The lowest BCUT2D eigenvalue weighted by atomic mass is 9.92. The number of benzene rings is 2. The second kappa shape index (κ2) is 10.3. The average molecular weight is 512 g/mol. The number of methoxy groups -OCH3 is 2. The van der Waals surface area contributed by atoms with Crippen molar-refractivity contribution in [1.29, 1.82) is 0 Å². The Morgan fingerprint density at radius 2 is 1.28 bits per heavy atom. The molecule has 1 aliphatic heterocycles. The van der Waals surface area contributed by atoms with Crippen LogP contribution >= 0.6 is 0 Å². The molecule has 0 saturated carbocycles. The van der Waals surface area contributed by atoms with Crippen LogP contribution < -0.4 is 0 Å². The molecule has 2 aromatic carbocycles. The van der Waals surface area contributed by atoms with E-state index in [0.717, 1.165) is 0 Å². The molecule has 3 rings (SSSR count). The topological polar surface area (TPSA) is 233 Å². The van der Waals surface area contributed by atoms with Gasteiger partial charge in [0.25, 0.3) is 0 Å². The van der Waals surface area contributed by atoms with Crippen LogP contribution in [0.1, 0.15) is 27.1 Å². The molecule has 1 heterocycles. The highest BCUT2D eigenvalue weighted by Crippen LogP contribution is 2.52. The van der Waals surface area contributed by atoms with Crippen LogP contribution in [0, 0.1) is 0 Å². The van der Waals surface area contributed by atoms with Crippen LogP contribution in [-0.2, 0) is 18.9 Å². The van der Waals surface area contributed by atoms with Crippen LogP contribution in [0.15, 0.2) is 12.1 Å². The number of phenolic OH excluding ortho intramolecular Hbond substituents is 6. The van der Waals surface area contributed by atoms with Gasteiger partial charge < -0.3 is 59.8 Å². The van der Waals surface area contributed by atoms with E-state index in [1.807, 2.05) is 0 Å². The van der Waals surface area contributed by atoms with E-state index < -0.39 is 99.9 Å². The first-order chi connectivity index (χ1) is 16.9. The SMILES string of the molecule is COC(OC)C(O)[C@@H](O)[C@H]1CCOC(=O)c2cc(O)c(O)c(O)c2-c2c(cc(O)c(O)c2O)C(=O)O1. The Morgan fingerprint density at radius 3 is 1.75 bits per heavy atom. The predicted octanol–water partition coefficient (Wildman–Crippen LogP) is 0.0138. The number of rotatable bonds is 5. The molecule has 0 fully saturated rings. The van der Waals surface area contributed by atoms with Gasteiger partial charge in [0.15, 0.2) is 29.3 Å². The maximum atomic E-state index is 13.2. The van der Waals surface area contributed by atoms with Crippen LogP contribution in [0.3, 0.4) is 0 Å². The standard InChI is InChI=1S/C22H24O14/c1-33-22(34-2)19(30)16(27)11-3-4-35-20(31)7-5-9(23)14(25)17(28)12(7)13-8(21(32)36-11)6-10(24)15(26)18(13)29/h5-6,11,16,19,22-30H,3-4H2,1-2H3/t11-,16+,19?/m1/s1. The van der Waals surface area contributed by atoms with E-state index in [2.05, 4.69) is 0 Å². The molecule has 196 valence electrons. The number of carbonyl (C=O) groups is 2. The van der Waals surface area contributed by atoms with Crippen molar-refractivity contribution in [1.82, 2.24) is 0 Å². The number of aromatic hydroxyl groups is 6. The summed E-state index contributed by atoms with van der Waals surface area (Å²) >= 11 is 0. The summed E-state index contributed by atoms with van der Waals surface area (Å²) in [5, 5.41) is 82.1. The average Bonchev–Trinajstić information content (AvgIpc) is 2.86. The molecule has 1 unspecified atom stereocenters. The minimum Gasteiger partial charge on any atom is -0.504 e. The second-order valence-electron chi connectivity index (χ2n) is 7.72. The highest BCUT2D eigenvalue weighted by molar-refractivity contribution is 6.08. The van der Waals surface area contributed by atoms with Gasteiger partial charge in [-0.15, -0.1) is 0 Å². The third kappa shape index (κ3) is 4.61. The van der Waals surface area contributed by atoms with E-state index in [0.29, 0.717) is 12.1 Å². The summed E-state index contributed by atoms with van der Waals surface area (Å²) in [4.78, 5) is 26.0. The fourth-order valence-electron chi connectivity index (χ4n) is 3.72. The van der Waals surface area contributed by atoms with Gasteiger partial charge in [0.2, 0.25) is 11.5 Å². The summed E-state index contributed by atoms with van der Waals surface area (Å²) in [6.07, 6.45) is -6.91. The maximum absolute atomic E-state index is 13.2. The molecule has 0 bridgehead atoms. The van der Waals surface area contributed by atoms with Crippen LogP contribution in [0.25, 0.3) is 11.1 Å². The molecule has 14 heteroatoms. The molecule has 3 atom stereocenters. The molecule has 2 aromatic rings. The lowest BCUT2D eigenvalue weighted by molar-refractivity contribution is -0.204. The van der Waals surface area contributed by atoms with Crippen molar-refractivity contribution in [2.24, 2.45) is 0 Å². The fourth-order valence-corrected chi connectivity index (χ4v) is 3.72. The zero-order valence-electron chi connectivity index (χ0n) is 18.9. The van der Waals surface area contributed by atoms with Gasteiger partial charge in [-0.25, -0.2) is 9.59 Å². The van der Waals surface area contributed by atoms with Crippen molar-refractivity contribution >= 4 is 11.9 Å². The summed E-state index contributed by atoms with van der Waals surface area (Å²) in [5.41, 5.74) is -2.90. The molecule has 14 nitrogen and oxygen atoms in total. The van der Waals surface area contributed by atoms with E-state index in [1.165, 1.54) is 14.2 Å². The predicted molar refractivity (Wildman–Crippen MR) is 116 cm³/mol. The molecule has 0 amide bonds. The Bertz CT molecular complexity index is 1170. The van der Waals surface area contributed by atoms with Crippen molar-refractivity contribution in [3.63, 3.8) is 0 Å². The number of aliphatic hydroxyl groups excluding tert-OH is 2. The highest BCUT2D eigenvalue weighted by Gasteiger charge is 2.38. The second-order valence-corrected chi connectivity index (χ2v) is 7.72. The number of ether oxygens (including phenoxy) is 4. The van der Waals surface area contributed by atoms with Crippen molar-refractivity contribution in [2.75, 3.05) is 20.8 Å². The van der Waals surface area contributed by atoms with E-state index >= 15 is 0 Å². The number of fused-ring (bicyclic) bond motifs is 3. The van der Waals surface area contributed by atoms with E-state index in [9.17, 15) is 50.4 Å². The number of esters is 2. The lowest BCUT2D eigenvalue weighted by Crippen LogP contribution is -2.47. The molecule has 0 aliphatic carbocycles. The number of aliphatic hydroxyl groups is 2. The quantitative estimate of drug-likeness (QED) is 0.150. The Balaban J connectivity index is 2.25. The first kappa shape index (κ1) is 26.6. The van der Waals surface area contributed by atoms with E-state index in [1.54, 1.807) is 0 Å². The monoisotopic (exact) mass is 512 g/mol. The highest BCUT2D eigenvalue weighted by atomic mass is 16.7. The van der Waals surface area contributed by atoms with Crippen molar-refractivity contribution in [3.05, 3.63) is 23.3 Å². The number of hydrogen-bond acceptors (Lipinski definition) is 14. The van der Waals surface area contributed by atoms with Gasteiger partial charge >= 0.3 is 11.9 Å². The Labute approximate surface area is 202 Å². The number of cyclic esters (lactones) is 2.